The standard InChI is InChI=1S/C21H19N9/c22-14-17-5-1-6-18(24-17)28-10-3-11-29(13-12-28)20-8-7-19-25-26-21(30(19)27-20)16-4-2-9-23-15-16/h1-2,4-9,15H,3,10-13H2. The summed E-state index contributed by atoms with van der Waals surface area (Å²) in [5, 5.41) is 22.4. The summed E-state index contributed by atoms with van der Waals surface area (Å²) in [5.74, 6) is 2.40. The van der Waals surface area contributed by atoms with Crippen LogP contribution in [0.3, 0.4) is 0 Å². The lowest BCUT2D eigenvalue weighted by molar-refractivity contribution is 0.777. The molecule has 5 rings (SSSR count). The van der Waals surface area contributed by atoms with Crippen LogP contribution in [0.2, 0.25) is 0 Å². The molecule has 9 nitrogen and oxygen atoms in total. The fraction of sp³-hybridized carbons (Fsp3) is 0.238. The van der Waals surface area contributed by atoms with Gasteiger partial charge in [0.25, 0.3) is 0 Å². The highest BCUT2D eigenvalue weighted by Crippen LogP contribution is 2.21. The number of hydrogen-bond acceptors (Lipinski definition) is 8. The van der Waals surface area contributed by atoms with Crippen LogP contribution in [0, 0.1) is 11.3 Å². The van der Waals surface area contributed by atoms with Crippen LogP contribution in [-0.4, -0.2) is 56.0 Å². The first kappa shape index (κ1) is 18.0. The van der Waals surface area contributed by atoms with E-state index in [9.17, 15) is 0 Å². The van der Waals surface area contributed by atoms with Crippen LogP contribution in [0.5, 0.6) is 0 Å². The molecule has 1 aliphatic heterocycles. The topological polar surface area (TPSA) is 99.1 Å². The van der Waals surface area contributed by atoms with Gasteiger partial charge < -0.3 is 9.80 Å². The fourth-order valence-electron chi connectivity index (χ4n) is 3.66. The third kappa shape index (κ3) is 3.39. The van der Waals surface area contributed by atoms with E-state index in [0.29, 0.717) is 17.2 Å². The predicted octanol–water partition coefficient (Wildman–Crippen LogP) is 2.17. The van der Waals surface area contributed by atoms with E-state index in [0.717, 1.165) is 49.8 Å². The molecule has 0 radical (unpaired) electrons. The molecule has 0 aliphatic carbocycles. The number of pyridine rings is 2. The van der Waals surface area contributed by atoms with E-state index in [1.807, 2.05) is 36.4 Å². The number of fused-ring (bicyclic) bond motifs is 1. The maximum atomic E-state index is 9.12. The average Bonchev–Trinajstić information content (AvgIpc) is 3.07. The molecule has 1 fully saturated rings. The highest BCUT2D eigenvalue weighted by molar-refractivity contribution is 5.58. The normalized spacial score (nSPS) is 14.5. The van der Waals surface area contributed by atoms with E-state index >= 15 is 0 Å². The Morgan fingerprint density at radius 1 is 0.867 bits per heavy atom. The van der Waals surface area contributed by atoms with Crippen molar-refractivity contribution >= 4 is 17.3 Å². The number of nitriles is 1. The van der Waals surface area contributed by atoms with Crippen LogP contribution >= 0.6 is 0 Å². The first-order valence-electron chi connectivity index (χ1n) is 9.82. The number of aromatic nitrogens is 6. The van der Waals surface area contributed by atoms with Crippen molar-refractivity contribution in [2.75, 3.05) is 36.0 Å². The number of anilines is 2. The molecule has 1 aliphatic rings. The van der Waals surface area contributed by atoms with Crippen molar-refractivity contribution in [2.24, 2.45) is 0 Å². The molecule has 0 N–H and O–H groups in total. The summed E-state index contributed by atoms with van der Waals surface area (Å²) in [4.78, 5) is 13.1. The summed E-state index contributed by atoms with van der Waals surface area (Å²) in [6.07, 6.45) is 4.46. The zero-order valence-electron chi connectivity index (χ0n) is 16.3. The largest absolute Gasteiger partial charge is 0.355 e. The van der Waals surface area contributed by atoms with Crippen molar-refractivity contribution in [1.29, 1.82) is 5.26 Å². The Kier molecular flexibility index (Phi) is 4.65. The minimum atomic E-state index is 0.441. The third-order valence-corrected chi connectivity index (χ3v) is 5.16. The summed E-state index contributed by atoms with van der Waals surface area (Å²) in [7, 11) is 0. The summed E-state index contributed by atoms with van der Waals surface area (Å²) in [5.41, 5.74) is 2.02. The molecule has 0 atom stereocenters. The SMILES string of the molecule is N#Cc1cccc(N2CCCN(c3ccc4nnc(-c5cccnc5)n4n3)CC2)n1. The van der Waals surface area contributed by atoms with Gasteiger partial charge in [0.15, 0.2) is 11.5 Å². The van der Waals surface area contributed by atoms with Crippen LogP contribution in [0.25, 0.3) is 17.0 Å². The van der Waals surface area contributed by atoms with Crippen molar-refractivity contribution < 1.29 is 0 Å². The van der Waals surface area contributed by atoms with Crippen LogP contribution in [0.4, 0.5) is 11.6 Å². The Bertz CT molecular complexity index is 1210. The lowest BCUT2D eigenvalue weighted by Crippen LogP contribution is -2.31. The van der Waals surface area contributed by atoms with Crippen LogP contribution < -0.4 is 9.80 Å². The van der Waals surface area contributed by atoms with Crippen molar-refractivity contribution in [3.8, 4) is 17.5 Å². The van der Waals surface area contributed by atoms with Crippen molar-refractivity contribution in [3.05, 3.63) is 60.6 Å². The molecule has 148 valence electrons. The first-order chi connectivity index (χ1) is 14.8. The second-order valence-electron chi connectivity index (χ2n) is 7.05. The molecule has 0 amide bonds. The molecule has 4 aromatic heterocycles. The molecule has 0 spiro atoms. The van der Waals surface area contributed by atoms with Crippen LogP contribution in [0.15, 0.2) is 54.9 Å². The lowest BCUT2D eigenvalue weighted by Gasteiger charge is -2.23. The Balaban J connectivity index is 1.40. The van der Waals surface area contributed by atoms with Gasteiger partial charge in [0.2, 0.25) is 0 Å². The summed E-state index contributed by atoms with van der Waals surface area (Å²) < 4.78 is 1.77. The van der Waals surface area contributed by atoms with Gasteiger partial charge in [-0.25, -0.2) is 4.98 Å². The van der Waals surface area contributed by atoms with Crippen LogP contribution in [-0.2, 0) is 0 Å². The predicted molar refractivity (Wildman–Crippen MR) is 112 cm³/mol. The molecular formula is C21H19N9. The molecule has 0 aromatic carbocycles. The molecule has 0 unspecified atom stereocenters. The zero-order chi connectivity index (χ0) is 20.3. The Morgan fingerprint density at radius 2 is 1.73 bits per heavy atom. The van der Waals surface area contributed by atoms with Crippen molar-refractivity contribution in [1.82, 2.24) is 29.8 Å². The molecule has 5 heterocycles. The molecule has 1 saturated heterocycles. The Labute approximate surface area is 173 Å². The number of hydrogen-bond donors (Lipinski definition) is 0. The van der Waals surface area contributed by atoms with Gasteiger partial charge in [-0.1, -0.05) is 6.07 Å². The Morgan fingerprint density at radius 3 is 2.53 bits per heavy atom. The minimum Gasteiger partial charge on any atom is -0.355 e. The third-order valence-electron chi connectivity index (χ3n) is 5.16. The van der Waals surface area contributed by atoms with E-state index in [1.165, 1.54) is 0 Å². The van der Waals surface area contributed by atoms with Gasteiger partial charge in [0.1, 0.15) is 23.4 Å². The molecule has 9 heteroatoms. The molecule has 0 saturated carbocycles. The van der Waals surface area contributed by atoms with Gasteiger partial charge in [0.05, 0.1) is 0 Å². The second kappa shape index (κ2) is 7.75. The summed E-state index contributed by atoms with van der Waals surface area (Å²) in [6.45, 7) is 3.38. The monoisotopic (exact) mass is 397 g/mol. The van der Waals surface area contributed by atoms with E-state index in [-0.39, 0.29) is 0 Å². The maximum Gasteiger partial charge on any atom is 0.187 e. The first-order valence-corrected chi connectivity index (χ1v) is 9.82. The van der Waals surface area contributed by atoms with Crippen molar-refractivity contribution in [3.63, 3.8) is 0 Å². The fourth-order valence-corrected chi connectivity index (χ4v) is 3.66. The van der Waals surface area contributed by atoms with E-state index in [4.69, 9.17) is 10.4 Å². The number of rotatable bonds is 3. The number of nitrogens with zero attached hydrogens (tertiary/aromatic N) is 9. The van der Waals surface area contributed by atoms with Gasteiger partial charge in [0, 0.05) is 44.1 Å². The van der Waals surface area contributed by atoms with Gasteiger partial charge >= 0.3 is 0 Å². The quantitative estimate of drug-likeness (QED) is 0.519. The lowest BCUT2D eigenvalue weighted by atomic mass is 10.3. The molecule has 30 heavy (non-hydrogen) atoms. The Hall–Kier alpha value is -4.06. The van der Waals surface area contributed by atoms with E-state index in [2.05, 4.69) is 36.0 Å². The highest BCUT2D eigenvalue weighted by atomic mass is 15.4. The minimum absolute atomic E-state index is 0.441. The molecule has 0 bridgehead atoms. The van der Waals surface area contributed by atoms with Gasteiger partial charge in [-0.2, -0.15) is 9.78 Å². The van der Waals surface area contributed by atoms with E-state index < -0.39 is 0 Å². The maximum absolute atomic E-state index is 9.12. The summed E-state index contributed by atoms with van der Waals surface area (Å²) >= 11 is 0. The van der Waals surface area contributed by atoms with Crippen molar-refractivity contribution in [2.45, 2.75) is 6.42 Å². The van der Waals surface area contributed by atoms with Crippen LogP contribution in [0.1, 0.15) is 12.1 Å². The average molecular weight is 397 g/mol. The molecule has 4 aromatic rings. The zero-order valence-corrected chi connectivity index (χ0v) is 16.3. The van der Waals surface area contributed by atoms with E-state index in [1.54, 1.807) is 23.0 Å². The summed E-state index contributed by atoms with van der Waals surface area (Å²) in [6, 6.07) is 15.4. The van der Waals surface area contributed by atoms with Gasteiger partial charge in [-0.3, -0.25) is 4.98 Å². The highest BCUT2D eigenvalue weighted by Gasteiger charge is 2.19. The van der Waals surface area contributed by atoms with Gasteiger partial charge in [-0.05, 0) is 42.8 Å². The second-order valence-corrected chi connectivity index (χ2v) is 7.05. The molecular weight excluding hydrogens is 378 g/mol. The smallest absolute Gasteiger partial charge is 0.187 e. The van der Waals surface area contributed by atoms with Gasteiger partial charge in [-0.15, -0.1) is 15.3 Å².